The lowest BCUT2D eigenvalue weighted by Crippen LogP contribution is -2.24. The zero-order chi connectivity index (χ0) is 22.2. The van der Waals surface area contributed by atoms with Crippen molar-refractivity contribution in [1.29, 1.82) is 0 Å². The molecule has 0 radical (unpaired) electrons. The molecule has 3 heterocycles. The lowest BCUT2D eigenvalue weighted by atomic mass is 9.89. The number of aromatic nitrogens is 3. The normalized spacial score (nSPS) is 14.5. The number of pyridine rings is 1. The number of carbonyl (C=O) groups excluding carboxylic acids is 1. The summed E-state index contributed by atoms with van der Waals surface area (Å²) in [6.07, 6.45) is 4.54. The van der Waals surface area contributed by atoms with Crippen LogP contribution in [0.1, 0.15) is 33.6 Å². The predicted molar refractivity (Wildman–Crippen MR) is 126 cm³/mol. The van der Waals surface area contributed by atoms with Crippen LogP contribution in [0.25, 0.3) is 22.5 Å². The molecule has 0 atom stereocenters. The summed E-state index contributed by atoms with van der Waals surface area (Å²) >= 11 is 0. The Balaban J connectivity index is 1.28. The molecule has 1 amide bonds. The molecule has 6 rings (SSSR count). The van der Waals surface area contributed by atoms with E-state index in [1.807, 2.05) is 53.3 Å². The molecule has 1 aliphatic heterocycles. The number of fused-ring (bicyclic) bond motifs is 5. The largest absolute Gasteiger partial charge is 0.489 e. The van der Waals surface area contributed by atoms with Crippen molar-refractivity contribution in [2.24, 2.45) is 0 Å². The quantitative estimate of drug-likeness (QED) is 0.514. The Morgan fingerprint density at radius 3 is 2.73 bits per heavy atom. The second-order valence-corrected chi connectivity index (χ2v) is 8.53. The van der Waals surface area contributed by atoms with E-state index in [2.05, 4.69) is 23.5 Å². The third-order valence-corrected chi connectivity index (χ3v) is 6.38. The number of nitrogens with one attached hydrogen (secondary N) is 1. The van der Waals surface area contributed by atoms with Crippen molar-refractivity contribution in [3.8, 4) is 28.3 Å². The summed E-state index contributed by atoms with van der Waals surface area (Å²) in [4.78, 5) is 17.3. The zero-order valence-corrected chi connectivity index (χ0v) is 18.3. The van der Waals surface area contributed by atoms with Gasteiger partial charge in [-0.2, -0.15) is 5.10 Å². The number of aryl methyl sites for hydroxylation is 2. The smallest absolute Gasteiger partial charge is 0.269 e. The SMILES string of the molecule is O=C1NCCCn2nc3c(c21)CCc1cnc(-c2ccc(OCc4ccccc4)cc2)cc1-3. The van der Waals surface area contributed by atoms with Crippen LogP contribution in [0, 0.1) is 0 Å². The molecule has 2 aliphatic rings. The van der Waals surface area contributed by atoms with Crippen LogP contribution in [-0.4, -0.2) is 27.2 Å². The molecule has 0 unspecified atom stereocenters. The molecule has 164 valence electrons. The summed E-state index contributed by atoms with van der Waals surface area (Å²) < 4.78 is 7.81. The molecule has 2 aromatic heterocycles. The molecule has 0 bridgehead atoms. The highest BCUT2D eigenvalue weighted by molar-refractivity contribution is 5.96. The van der Waals surface area contributed by atoms with E-state index >= 15 is 0 Å². The van der Waals surface area contributed by atoms with E-state index in [1.54, 1.807) is 0 Å². The van der Waals surface area contributed by atoms with Crippen LogP contribution in [0.15, 0.2) is 66.9 Å². The first-order valence-electron chi connectivity index (χ1n) is 11.4. The Hall–Kier alpha value is -3.93. The van der Waals surface area contributed by atoms with Gasteiger partial charge in [0.1, 0.15) is 18.1 Å². The number of carbonyl (C=O) groups is 1. The van der Waals surface area contributed by atoms with E-state index < -0.39 is 0 Å². The van der Waals surface area contributed by atoms with Crippen molar-refractivity contribution in [3.63, 3.8) is 0 Å². The summed E-state index contributed by atoms with van der Waals surface area (Å²) in [5, 5.41) is 7.85. The molecule has 0 spiro atoms. The zero-order valence-electron chi connectivity index (χ0n) is 18.3. The highest BCUT2D eigenvalue weighted by Crippen LogP contribution is 2.37. The van der Waals surface area contributed by atoms with Gasteiger partial charge < -0.3 is 10.1 Å². The van der Waals surface area contributed by atoms with Crippen molar-refractivity contribution in [1.82, 2.24) is 20.1 Å². The van der Waals surface area contributed by atoms with E-state index in [0.29, 0.717) is 13.2 Å². The third kappa shape index (κ3) is 3.67. The van der Waals surface area contributed by atoms with Crippen LogP contribution in [0.5, 0.6) is 5.75 Å². The Kier molecular flexibility index (Phi) is 4.91. The molecule has 0 saturated carbocycles. The highest BCUT2D eigenvalue weighted by Gasteiger charge is 2.29. The number of hydrogen-bond donors (Lipinski definition) is 1. The van der Waals surface area contributed by atoms with Gasteiger partial charge in [0, 0.05) is 36.0 Å². The van der Waals surface area contributed by atoms with Gasteiger partial charge in [0.25, 0.3) is 5.91 Å². The first kappa shape index (κ1) is 19.7. The second-order valence-electron chi connectivity index (χ2n) is 8.53. The van der Waals surface area contributed by atoms with E-state index in [0.717, 1.165) is 70.9 Å². The molecular formula is C27H24N4O2. The topological polar surface area (TPSA) is 69.0 Å². The number of rotatable bonds is 4. The number of hydrogen-bond acceptors (Lipinski definition) is 4. The first-order chi connectivity index (χ1) is 16.3. The number of ether oxygens (including phenoxy) is 1. The van der Waals surface area contributed by atoms with E-state index in [4.69, 9.17) is 14.8 Å². The van der Waals surface area contributed by atoms with E-state index in [-0.39, 0.29) is 5.91 Å². The van der Waals surface area contributed by atoms with Crippen LogP contribution in [0.4, 0.5) is 0 Å². The monoisotopic (exact) mass is 436 g/mol. The Bertz CT molecular complexity index is 1330. The molecule has 4 aromatic rings. The molecule has 1 aliphatic carbocycles. The second kappa shape index (κ2) is 8.20. The molecular weight excluding hydrogens is 412 g/mol. The summed E-state index contributed by atoms with van der Waals surface area (Å²) in [6.45, 7) is 2.00. The van der Waals surface area contributed by atoms with Gasteiger partial charge in [-0.25, -0.2) is 0 Å². The number of amides is 1. The number of nitrogens with zero attached hydrogens (tertiary/aromatic N) is 3. The van der Waals surface area contributed by atoms with Gasteiger partial charge in [0.15, 0.2) is 0 Å². The lowest BCUT2D eigenvalue weighted by Gasteiger charge is -2.17. The molecule has 33 heavy (non-hydrogen) atoms. The lowest BCUT2D eigenvalue weighted by molar-refractivity contribution is 0.0949. The van der Waals surface area contributed by atoms with Crippen LogP contribution < -0.4 is 10.1 Å². The van der Waals surface area contributed by atoms with Crippen molar-refractivity contribution in [2.45, 2.75) is 32.4 Å². The summed E-state index contributed by atoms with van der Waals surface area (Å²) in [7, 11) is 0. The Labute approximate surface area is 192 Å². The molecule has 6 nitrogen and oxygen atoms in total. The first-order valence-corrected chi connectivity index (χ1v) is 11.4. The summed E-state index contributed by atoms with van der Waals surface area (Å²) in [5.41, 5.74) is 8.03. The minimum atomic E-state index is -0.00919. The molecule has 6 heteroatoms. The van der Waals surface area contributed by atoms with Gasteiger partial charge in [0.05, 0.1) is 11.4 Å². The summed E-state index contributed by atoms with van der Waals surface area (Å²) in [5.74, 6) is 0.816. The molecule has 2 aromatic carbocycles. The van der Waals surface area contributed by atoms with Gasteiger partial charge in [-0.15, -0.1) is 0 Å². The van der Waals surface area contributed by atoms with Crippen LogP contribution in [0.3, 0.4) is 0 Å². The summed E-state index contributed by atoms with van der Waals surface area (Å²) in [6, 6.07) is 20.3. The molecule has 0 fully saturated rings. The average molecular weight is 437 g/mol. The Morgan fingerprint density at radius 2 is 1.88 bits per heavy atom. The maximum Gasteiger partial charge on any atom is 0.269 e. The Morgan fingerprint density at radius 1 is 1.03 bits per heavy atom. The van der Waals surface area contributed by atoms with Crippen LogP contribution in [-0.2, 0) is 26.0 Å². The van der Waals surface area contributed by atoms with Gasteiger partial charge in [-0.05, 0) is 60.7 Å². The van der Waals surface area contributed by atoms with E-state index in [1.165, 1.54) is 5.56 Å². The minimum absolute atomic E-state index is 0.00919. The van der Waals surface area contributed by atoms with Gasteiger partial charge in [-0.3, -0.25) is 14.5 Å². The predicted octanol–water partition coefficient (Wildman–Crippen LogP) is 4.42. The highest BCUT2D eigenvalue weighted by atomic mass is 16.5. The fourth-order valence-corrected chi connectivity index (χ4v) is 4.67. The van der Waals surface area contributed by atoms with Crippen molar-refractivity contribution >= 4 is 5.91 Å². The molecule has 1 N–H and O–H groups in total. The third-order valence-electron chi connectivity index (χ3n) is 6.38. The standard InChI is InChI=1S/C27H24N4O2/c32-27-26-22-12-9-20-16-29-24(15-23(20)25(22)30-31(26)14-4-13-28-27)19-7-10-21(11-8-19)33-17-18-5-2-1-3-6-18/h1-3,5-8,10-11,15-16H,4,9,12-14,17H2,(H,28,32). The maximum absolute atomic E-state index is 12.6. The fraction of sp³-hybridized carbons (Fsp3) is 0.222. The van der Waals surface area contributed by atoms with Crippen molar-refractivity contribution < 1.29 is 9.53 Å². The molecule has 0 saturated heterocycles. The van der Waals surface area contributed by atoms with Gasteiger partial charge in [0.2, 0.25) is 0 Å². The van der Waals surface area contributed by atoms with Crippen LogP contribution >= 0.6 is 0 Å². The van der Waals surface area contributed by atoms with Crippen molar-refractivity contribution in [2.75, 3.05) is 6.54 Å². The van der Waals surface area contributed by atoms with E-state index in [9.17, 15) is 4.79 Å². The minimum Gasteiger partial charge on any atom is -0.489 e. The maximum atomic E-state index is 12.6. The number of benzene rings is 2. The van der Waals surface area contributed by atoms with Gasteiger partial charge in [-0.1, -0.05) is 30.3 Å². The average Bonchev–Trinajstić information content (AvgIpc) is 3.15. The fourth-order valence-electron chi connectivity index (χ4n) is 4.67. The van der Waals surface area contributed by atoms with Crippen molar-refractivity contribution in [3.05, 3.63) is 89.2 Å². The van der Waals surface area contributed by atoms with Crippen LogP contribution in [0.2, 0.25) is 0 Å². The van der Waals surface area contributed by atoms with Gasteiger partial charge >= 0.3 is 0 Å².